The molecule has 1 heterocycles. The zero-order chi connectivity index (χ0) is 10.1. The van der Waals surface area contributed by atoms with Crippen molar-refractivity contribution in [1.29, 1.82) is 0 Å². The molecule has 0 aromatic carbocycles. The Hall–Kier alpha value is -0.0200. The van der Waals surface area contributed by atoms with Gasteiger partial charge in [0.25, 0.3) is 0 Å². The van der Waals surface area contributed by atoms with Crippen LogP contribution in [0.5, 0.6) is 0 Å². The van der Waals surface area contributed by atoms with Gasteiger partial charge in [0.2, 0.25) is 0 Å². The molecule has 0 bridgehead atoms. The fourth-order valence-electron chi connectivity index (χ4n) is 1.64. The summed E-state index contributed by atoms with van der Waals surface area (Å²) < 4.78 is 0.308. The topological polar surface area (TPSA) is 20.3 Å². The summed E-state index contributed by atoms with van der Waals surface area (Å²) in [5.41, 5.74) is 0. The Bertz CT molecular complexity index is 203. The summed E-state index contributed by atoms with van der Waals surface area (Å²) in [4.78, 5) is 13.5. The summed E-state index contributed by atoms with van der Waals surface area (Å²) in [7, 11) is 0. The lowest BCUT2D eigenvalue weighted by molar-refractivity contribution is -0.121. The van der Waals surface area contributed by atoms with Gasteiger partial charge in [0, 0.05) is 23.6 Å². The number of carbonyl (C=O) groups excluding carboxylic acids is 1. The highest BCUT2D eigenvalue weighted by Gasteiger charge is 2.30. The minimum absolute atomic E-state index is 0.0974. The molecule has 0 aromatic rings. The minimum atomic E-state index is 0.0974. The van der Waals surface area contributed by atoms with Crippen molar-refractivity contribution in [2.24, 2.45) is 0 Å². The highest BCUT2D eigenvalue weighted by Crippen LogP contribution is 2.30. The third kappa shape index (κ3) is 2.99. The minimum Gasteiger partial charge on any atom is -0.298 e. The number of hydrogen-bond donors (Lipinski definition) is 0. The van der Waals surface area contributed by atoms with Gasteiger partial charge in [0.15, 0.2) is 0 Å². The molecule has 0 aromatic heterocycles. The monoisotopic (exact) mass is 201 g/mol. The molecular weight excluding hydrogens is 182 g/mol. The molecule has 1 atom stereocenters. The molecule has 0 saturated carbocycles. The first kappa shape index (κ1) is 11.1. The number of rotatable bonds is 2. The van der Waals surface area contributed by atoms with E-state index in [0.29, 0.717) is 4.75 Å². The lowest BCUT2D eigenvalue weighted by Gasteiger charge is -2.39. The van der Waals surface area contributed by atoms with Crippen LogP contribution in [0.3, 0.4) is 0 Å². The van der Waals surface area contributed by atoms with Crippen LogP contribution < -0.4 is 0 Å². The van der Waals surface area contributed by atoms with Crippen LogP contribution in [0.1, 0.15) is 27.7 Å². The number of ketones is 1. The molecule has 0 amide bonds. The second-order valence-corrected chi connectivity index (χ2v) is 6.17. The molecule has 0 N–H and O–H groups in total. The van der Waals surface area contributed by atoms with Crippen molar-refractivity contribution in [2.75, 3.05) is 18.8 Å². The average molecular weight is 201 g/mol. The van der Waals surface area contributed by atoms with Gasteiger partial charge in [-0.15, -0.1) is 0 Å². The molecule has 2 nitrogen and oxygen atoms in total. The van der Waals surface area contributed by atoms with Crippen LogP contribution in [0.15, 0.2) is 0 Å². The first-order valence-corrected chi connectivity index (χ1v) is 5.79. The number of hydrogen-bond acceptors (Lipinski definition) is 3. The van der Waals surface area contributed by atoms with E-state index in [0.717, 1.165) is 18.8 Å². The first-order valence-electron chi connectivity index (χ1n) is 4.81. The normalized spacial score (nSPS) is 25.5. The van der Waals surface area contributed by atoms with E-state index >= 15 is 0 Å². The van der Waals surface area contributed by atoms with Gasteiger partial charge in [0.1, 0.15) is 5.78 Å². The summed E-state index contributed by atoms with van der Waals surface area (Å²) in [5, 5.41) is 0. The highest BCUT2D eigenvalue weighted by molar-refractivity contribution is 8.00. The number of thioether (sulfide) groups is 1. The van der Waals surface area contributed by atoms with Gasteiger partial charge in [0.05, 0.1) is 6.04 Å². The lowest BCUT2D eigenvalue weighted by atomic mass is 10.1. The molecule has 3 heteroatoms. The smallest absolute Gasteiger partial charge is 0.146 e. The summed E-state index contributed by atoms with van der Waals surface area (Å²) in [6, 6.07) is 0.0974. The van der Waals surface area contributed by atoms with Crippen LogP contribution in [0.2, 0.25) is 0 Å². The molecule has 1 aliphatic heterocycles. The van der Waals surface area contributed by atoms with Crippen molar-refractivity contribution < 1.29 is 4.79 Å². The first-order chi connectivity index (χ1) is 5.92. The molecular formula is C10H19NOS. The van der Waals surface area contributed by atoms with Crippen molar-refractivity contribution in [3.05, 3.63) is 0 Å². The third-order valence-corrected chi connectivity index (χ3v) is 3.89. The molecule has 0 radical (unpaired) electrons. The van der Waals surface area contributed by atoms with Crippen molar-refractivity contribution in [3.8, 4) is 0 Å². The zero-order valence-corrected chi connectivity index (χ0v) is 9.78. The maximum absolute atomic E-state index is 11.2. The molecule has 1 unspecified atom stereocenters. The van der Waals surface area contributed by atoms with E-state index < -0.39 is 0 Å². The van der Waals surface area contributed by atoms with Crippen LogP contribution >= 0.6 is 11.8 Å². The Kier molecular flexibility index (Phi) is 3.41. The number of carbonyl (C=O) groups is 1. The predicted molar refractivity (Wildman–Crippen MR) is 58.3 cm³/mol. The quantitative estimate of drug-likeness (QED) is 0.679. The SMILES string of the molecule is CC(=O)C(C)N1CCSC(C)(C)C1. The van der Waals surface area contributed by atoms with Crippen molar-refractivity contribution in [3.63, 3.8) is 0 Å². The fourth-order valence-corrected chi connectivity index (χ4v) is 2.78. The van der Waals surface area contributed by atoms with E-state index in [2.05, 4.69) is 18.7 Å². The standard InChI is InChI=1S/C10H19NOS/c1-8(9(2)12)11-5-6-13-10(3,4)7-11/h8H,5-7H2,1-4H3. The Morgan fingerprint density at radius 2 is 2.15 bits per heavy atom. The van der Waals surface area contributed by atoms with Crippen LogP contribution in [0.25, 0.3) is 0 Å². The summed E-state index contributed by atoms with van der Waals surface area (Å²) >= 11 is 2.00. The van der Waals surface area contributed by atoms with E-state index in [1.165, 1.54) is 0 Å². The molecule has 1 saturated heterocycles. The van der Waals surface area contributed by atoms with Crippen molar-refractivity contribution in [1.82, 2.24) is 4.90 Å². The maximum Gasteiger partial charge on any atom is 0.146 e. The number of Topliss-reactive ketones (excluding diaryl/α,β-unsaturated/α-hetero) is 1. The van der Waals surface area contributed by atoms with Crippen molar-refractivity contribution >= 4 is 17.5 Å². The molecule has 1 rings (SSSR count). The molecule has 1 fully saturated rings. The molecule has 1 aliphatic rings. The second-order valence-electron chi connectivity index (χ2n) is 4.37. The van der Waals surface area contributed by atoms with Gasteiger partial charge >= 0.3 is 0 Å². The zero-order valence-electron chi connectivity index (χ0n) is 8.96. The van der Waals surface area contributed by atoms with Gasteiger partial charge in [-0.3, -0.25) is 9.69 Å². The van der Waals surface area contributed by atoms with Crippen molar-refractivity contribution in [2.45, 2.75) is 38.5 Å². The van der Waals surface area contributed by atoms with E-state index in [4.69, 9.17) is 0 Å². The predicted octanol–water partition coefficient (Wildman–Crippen LogP) is 1.79. The van der Waals surface area contributed by atoms with Crippen LogP contribution in [-0.4, -0.2) is 40.3 Å². The van der Waals surface area contributed by atoms with E-state index in [9.17, 15) is 4.79 Å². The van der Waals surface area contributed by atoms with E-state index in [1.54, 1.807) is 6.92 Å². The molecule has 0 spiro atoms. The van der Waals surface area contributed by atoms with Gasteiger partial charge in [-0.25, -0.2) is 0 Å². The Labute approximate surface area is 85.1 Å². The summed E-state index contributed by atoms with van der Waals surface area (Å²) in [5.74, 6) is 1.42. The van der Waals surface area contributed by atoms with Crippen LogP contribution in [0.4, 0.5) is 0 Å². The third-order valence-electron chi connectivity index (χ3n) is 2.59. The second kappa shape index (κ2) is 4.01. The van der Waals surface area contributed by atoms with Crippen LogP contribution in [0, 0.1) is 0 Å². The average Bonchev–Trinajstić information content (AvgIpc) is 2.01. The molecule has 0 aliphatic carbocycles. The van der Waals surface area contributed by atoms with Gasteiger partial charge < -0.3 is 0 Å². The Balaban J connectivity index is 2.56. The summed E-state index contributed by atoms with van der Waals surface area (Å²) in [6.07, 6.45) is 0. The number of nitrogens with zero attached hydrogens (tertiary/aromatic N) is 1. The lowest BCUT2D eigenvalue weighted by Crippen LogP contribution is -2.49. The van der Waals surface area contributed by atoms with E-state index in [-0.39, 0.29) is 11.8 Å². The Morgan fingerprint density at radius 1 is 1.54 bits per heavy atom. The van der Waals surface area contributed by atoms with E-state index in [1.807, 2.05) is 18.7 Å². The molecule has 76 valence electrons. The van der Waals surface area contributed by atoms with Gasteiger partial charge in [-0.2, -0.15) is 11.8 Å². The largest absolute Gasteiger partial charge is 0.298 e. The maximum atomic E-state index is 11.2. The summed E-state index contributed by atoms with van der Waals surface area (Å²) in [6.45, 7) is 10.3. The fraction of sp³-hybridized carbons (Fsp3) is 0.900. The van der Waals surface area contributed by atoms with Gasteiger partial charge in [-0.05, 0) is 27.7 Å². The van der Waals surface area contributed by atoms with Gasteiger partial charge in [-0.1, -0.05) is 0 Å². The van der Waals surface area contributed by atoms with Crippen LogP contribution in [-0.2, 0) is 4.79 Å². The molecule has 13 heavy (non-hydrogen) atoms. The Morgan fingerprint density at radius 3 is 2.62 bits per heavy atom. The highest BCUT2D eigenvalue weighted by atomic mass is 32.2.